The first-order valence-corrected chi connectivity index (χ1v) is 9.09. The topological polar surface area (TPSA) is 114 Å². The van der Waals surface area contributed by atoms with Gasteiger partial charge in [0.25, 0.3) is 5.91 Å². The number of nitro groups is 1. The zero-order valence-corrected chi connectivity index (χ0v) is 15.4. The molecular formula is C18H16ClN5O4. The van der Waals surface area contributed by atoms with Crippen molar-refractivity contribution in [2.75, 3.05) is 18.0 Å². The summed E-state index contributed by atoms with van der Waals surface area (Å²) in [6.45, 7) is 1.41. The summed E-state index contributed by atoms with van der Waals surface area (Å²) in [5.41, 5.74) is 0.785. The lowest BCUT2D eigenvalue weighted by Crippen LogP contribution is -2.45. The molecule has 2 aromatic heterocycles. The quantitative estimate of drug-likeness (QED) is 0.527. The number of aromatic nitrogens is 2. The predicted octanol–water partition coefficient (Wildman–Crippen LogP) is 3.18. The molecule has 0 atom stereocenters. The van der Waals surface area contributed by atoms with Gasteiger partial charge in [0, 0.05) is 29.5 Å². The fraction of sp³-hybridized carbons (Fsp3) is 0.278. The second-order valence-electron chi connectivity index (χ2n) is 6.49. The van der Waals surface area contributed by atoms with Crippen molar-refractivity contribution in [1.82, 2.24) is 15.3 Å². The van der Waals surface area contributed by atoms with E-state index >= 15 is 0 Å². The van der Waals surface area contributed by atoms with Crippen LogP contribution in [0.1, 0.15) is 23.4 Å². The number of nitrogens with zero attached hydrogens (tertiary/aromatic N) is 4. The molecular weight excluding hydrogens is 386 g/mol. The standard InChI is InChI=1S/C18H16ClN5O4/c19-11-1-2-13-14(9-11)20-10-21-17(13)23-7-5-12(6-8-23)22-18(25)15-3-4-16(28-15)24(26)27/h1-4,9-10,12H,5-8H2,(H,22,25). The number of hydrogen-bond donors (Lipinski definition) is 1. The van der Waals surface area contributed by atoms with E-state index in [-0.39, 0.29) is 11.8 Å². The van der Waals surface area contributed by atoms with Crippen LogP contribution < -0.4 is 10.2 Å². The summed E-state index contributed by atoms with van der Waals surface area (Å²) in [6.07, 6.45) is 2.95. The van der Waals surface area contributed by atoms with Crippen molar-refractivity contribution >= 4 is 40.1 Å². The van der Waals surface area contributed by atoms with Gasteiger partial charge in [0.15, 0.2) is 5.76 Å². The van der Waals surface area contributed by atoms with Gasteiger partial charge in [-0.25, -0.2) is 9.97 Å². The maximum absolute atomic E-state index is 12.2. The molecule has 9 nitrogen and oxygen atoms in total. The number of piperidine rings is 1. The van der Waals surface area contributed by atoms with Gasteiger partial charge in [-0.3, -0.25) is 14.9 Å². The number of hydrogen-bond acceptors (Lipinski definition) is 7. The molecule has 0 bridgehead atoms. The summed E-state index contributed by atoms with van der Waals surface area (Å²) >= 11 is 6.03. The van der Waals surface area contributed by atoms with Crippen LogP contribution in [-0.2, 0) is 0 Å². The second kappa shape index (κ2) is 7.43. The van der Waals surface area contributed by atoms with E-state index in [4.69, 9.17) is 16.0 Å². The number of halogens is 1. The molecule has 144 valence electrons. The molecule has 1 aromatic carbocycles. The molecule has 10 heteroatoms. The van der Waals surface area contributed by atoms with E-state index in [1.54, 1.807) is 6.07 Å². The summed E-state index contributed by atoms with van der Waals surface area (Å²) in [5, 5.41) is 15.1. The number of amides is 1. The molecule has 1 N–H and O–H groups in total. The molecule has 0 aliphatic carbocycles. The minimum atomic E-state index is -0.672. The van der Waals surface area contributed by atoms with Crippen LogP contribution in [0, 0.1) is 10.1 Å². The number of furan rings is 1. The molecule has 0 spiro atoms. The van der Waals surface area contributed by atoms with Crippen LogP contribution in [0.3, 0.4) is 0 Å². The third-order valence-corrected chi connectivity index (χ3v) is 4.94. The van der Waals surface area contributed by atoms with Crippen molar-refractivity contribution in [2.24, 2.45) is 0 Å². The van der Waals surface area contributed by atoms with E-state index < -0.39 is 16.7 Å². The zero-order valence-electron chi connectivity index (χ0n) is 14.7. The highest BCUT2D eigenvalue weighted by Crippen LogP contribution is 2.27. The Balaban J connectivity index is 1.41. The van der Waals surface area contributed by atoms with E-state index in [2.05, 4.69) is 20.2 Å². The lowest BCUT2D eigenvalue weighted by molar-refractivity contribution is -0.402. The maximum Gasteiger partial charge on any atom is 0.433 e. The van der Waals surface area contributed by atoms with Crippen molar-refractivity contribution in [3.05, 3.63) is 57.6 Å². The fourth-order valence-electron chi connectivity index (χ4n) is 3.31. The average Bonchev–Trinajstić information content (AvgIpc) is 3.19. The van der Waals surface area contributed by atoms with Crippen molar-refractivity contribution in [3.63, 3.8) is 0 Å². The normalized spacial score (nSPS) is 15.0. The van der Waals surface area contributed by atoms with Gasteiger partial charge in [0.1, 0.15) is 17.1 Å². The van der Waals surface area contributed by atoms with Gasteiger partial charge < -0.3 is 14.6 Å². The Morgan fingerprint density at radius 3 is 2.75 bits per heavy atom. The average molecular weight is 402 g/mol. The highest BCUT2D eigenvalue weighted by atomic mass is 35.5. The van der Waals surface area contributed by atoms with Gasteiger partial charge in [0.2, 0.25) is 0 Å². The van der Waals surface area contributed by atoms with Crippen LogP contribution in [0.2, 0.25) is 5.02 Å². The van der Waals surface area contributed by atoms with Gasteiger partial charge in [-0.2, -0.15) is 0 Å². The molecule has 1 amide bonds. The van der Waals surface area contributed by atoms with E-state index in [1.807, 2.05) is 12.1 Å². The molecule has 1 aliphatic rings. The number of nitrogens with one attached hydrogen (secondary N) is 1. The Morgan fingerprint density at radius 1 is 1.25 bits per heavy atom. The predicted molar refractivity (Wildman–Crippen MR) is 103 cm³/mol. The Hall–Kier alpha value is -3.20. The highest BCUT2D eigenvalue weighted by Gasteiger charge is 2.25. The molecule has 0 saturated carbocycles. The Labute approximate surface area is 164 Å². The molecule has 1 fully saturated rings. The molecule has 4 rings (SSSR count). The number of anilines is 1. The molecule has 1 saturated heterocycles. The van der Waals surface area contributed by atoms with Crippen LogP contribution in [-0.4, -0.2) is 39.9 Å². The zero-order chi connectivity index (χ0) is 19.7. The minimum Gasteiger partial charge on any atom is -0.395 e. The van der Waals surface area contributed by atoms with E-state index in [0.717, 1.165) is 16.7 Å². The van der Waals surface area contributed by atoms with Crippen molar-refractivity contribution in [3.8, 4) is 0 Å². The molecule has 3 aromatic rings. The number of benzene rings is 1. The first kappa shape index (κ1) is 18.2. The Bertz CT molecular complexity index is 1050. The third-order valence-electron chi connectivity index (χ3n) is 4.70. The first-order chi connectivity index (χ1) is 13.5. The van der Waals surface area contributed by atoms with Crippen LogP contribution in [0.5, 0.6) is 0 Å². The smallest absolute Gasteiger partial charge is 0.395 e. The number of fused-ring (bicyclic) bond motifs is 1. The lowest BCUT2D eigenvalue weighted by atomic mass is 10.0. The first-order valence-electron chi connectivity index (χ1n) is 8.71. The monoisotopic (exact) mass is 401 g/mol. The largest absolute Gasteiger partial charge is 0.433 e. The van der Waals surface area contributed by atoms with Crippen molar-refractivity contribution in [1.29, 1.82) is 0 Å². The molecule has 1 aliphatic heterocycles. The van der Waals surface area contributed by atoms with Crippen LogP contribution >= 0.6 is 11.6 Å². The number of carbonyl (C=O) groups is 1. The third kappa shape index (κ3) is 3.61. The fourth-order valence-corrected chi connectivity index (χ4v) is 3.47. The van der Waals surface area contributed by atoms with Crippen LogP contribution in [0.15, 0.2) is 41.1 Å². The van der Waals surface area contributed by atoms with E-state index in [1.165, 1.54) is 18.5 Å². The molecule has 28 heavy (non-hydrogen) atoms. The van der Waals surface area contributed by atoms with Crippen molar-refractivity contribution < 1.29 is 14.1 Å². The maximum atomic E-state index is 12.2. The second-order valence-corrected chi connectivity index (χ2v) is 6.92. The van der Waals surface area contributed by atoms with Crippen LogP contribution in [0.4, 0.5) is 11.7 Å². The summed E-state index contributed by atoms with van der Waals surface area (Å²) in [4.78, 5) is 33.1. The highest BCUT2D eigenvalue weighted by molar-refractivity contribution is 6.31. The van der Waals surface area contributed by atoms with Gasteiger partial charge in [0.05, 0.1) is 11.6 Å². The SMILES string of the molecule is O=C(NC1CCN(c2ncnc3cc(Cl)ccc23)CC1)c1ccc([N+](=O)[O-])o1. The Kier molecular flexibility index (Phi) is 4.82. The van der Waals surface area contributed by atoms with E-state index in [0.29, 0.717) is 31.0 Å². The van der Waals surface area contributed by atoms with Gasteiger partial charge in [-0.15, -0.1) is 0 Å². The summed E-state index contributed by atoms with van der Waals surface area (Å²) in [7, 11) is 0. The molecule has 3 heterocycles. The van der Waals surface area contributed by atoms with Gasteiger partial charge in [-0.1, -0.05) is 11.6 Å². The molecule has 0 radical (unpaired) electrons. The molecule has 0 unspecified atom stereocenters. The number of carbonyl (C=O) groups excluding carboxylic acids is 1. The summed E-state index contributed by atoms with van der Waals surface area (Å²) in [5.74, 6) is -0.120. The number of rotatable bonds is 4. The summed E-state index contributed by atoms with van der Waals surface area (Å²) < 4.78 is 4.95. The van der Waals surface area contributed by atoms with Crippen LogP contribution in [0.25, 0.3) is 10.9 Å². The van der Waals surface area contributed by atoms with E-state index in [9.17, 15) is 14.9 Å². The Morgan fingerprint density at radius 2 is 2.04 bits per heavy atom. The minimum absolute atomic E-state index is 0.0459. The van der Waals surface area contributed by atoms with Gasteiger partial charge in [-0.05, 0) is 37.1 Å². The van der Waals surface area contributed by atoms with Crippen molar-refractivity contribution in [2.45, 2.75) is 18.9 Å². The van der Waals surface area contributed by atoms with Gasteiger partial charge >= 0.3 is 5.88 Å². The lowest BCUT2D eigenvalue weighted by Gasteiger charge is -2.33. The summed E-state index contributed by atoms with van der Waals surface area (Å²) in [6, 6.07) is 7.95.